The fraction of sp³-hybridized carbons (Fsp3) is 0.273. The van der Waals surface area contributed by atoms with Crippen LogP contribution in [0.25, 0.3) is 0 Å². The number of nitro benzene ring substituents is 1. The van der Waals surface area contributed by atoms with Gasteiger partial charge in [0.15, 0.2) is 0 Å². The lowest BCUT2D eigenvalue weighted by molar-refractivity contribution is -0.384. The summed E-state index contributed by atoms with van der Waals surface area (Å²) >= 11 is 0. The molecule has 0 aliphatic carbocycles. The van der Waals surface area contributed by atoms with Crippen molar-refractivity contribution < 1.29 is 19.2 Å². The summed E-state index contributed by atoms with van der Waals surface area (Å²) in [6, 6.07) is 3.28. The fourth-order valence-electron chi connectivity index (χ4n) is 1.12. The van der Waals surface area contributed by atoms with Crippen LogP contribution in [0.3, 0.4) is 0 Å². The van der Waals surface area contributed by atoms with E-state index in [-0.39, 0.29) is 22.9 Å². The van der Waals surface area contributed by atoms with E-state index in [9.17, 15) is 19.7 Å². The van der Waals surface area contributed by atoms with Gasteiger partial charge < -0.3 is 10.5 Å². The lowest BCUT2D eigenvalue weighted by Crippen LogP contribution is -2.16. The molecule has 0 atom stereocenters. The van der Waals surface area contributed by atoms with Crippen molar-refractivity contribution in [2.45, 2.75) is 13.8 Å². The SMILES string of the molecule is CC(C)C(=O)Oc1cc(C(N)=O)cc([N+](=O)[O-])c1. The van der Waals surface area contributed by atoms with Crippen molar-refractivity contribution in [1.82, 2.24) is 0 Å². The average Bonchev–Trinajstić information content (AvgIpc) is 2.28. The van der Waals surface area contributed by atoms with Crippen molar-refractivity contribution in [1.29, 1.82) is 0 Å². The van der Waals surface area contributed by atoms with Gasteiger partial charge in [0, 0.05) is 11.6 Å². The van der Waals surface area contributed by atoms with E-state index < -0.39 is 16.8 Å². The van der Waals surface area contributed by atoms with Gasteiger partial charge in [0.1, 0.15) is 5.75 Å². The van der Waals surface area contributed by atoms with E-state index in [1.54, 1.807) is 13.8 Å². The summed E-state index contributed by atoms with van der Waals surface area (Å²) in [7, 11) is 0. The summed E-state index contributed by atoms with van der Waals surface area (Å²) in [5.74, 6) is -1.84. The van der Waals surface area contributed by atoms with Crippen LogP contribution < -0.4 is 10.5 Å². The molecule has 0 unspecified atom stereocenters. The molecule has 0 saturated carbocycles. The van der Waals surface area contributed by atoms with E-state index in [0.717, 1.165) is 12.1 Å². The first-order valence-electron chi connectivity index (χ1n) is 5.12. The molecule has 7 nitrogen and oxygen atoms in total. The number of carbonyl (C=O) groups excluding carboxylic acids is 2. The molecular weight excluding hydrogens is 240 g/mol. The van der Waals surface area contributed by atoms with E-state index in [1.165, 1.54) is 6.07 Å². The maximum Gasteiger partial charge on any atom is 0.313 e. The predicted octanol–water partition coefficient (Wildman–Crippen LogP) is 1.26. The highest BCUT2D eigenvalue weighted by atomic mass is 16.6. The number of nitro groups is 1. The molecule has 0 bridgehead atoms. The van der Waals surface area contributed by atoms with Gasteiger partial charge in [0.2, 0.25) is 5.91 Å². The molecule has 18 heavy (non-hydrogen) atoms. The summed E-state index contributed by atoms with van der Waals surface area (Å²) < 4.78 is 4.91. The molecular formula is C11H12N2O5. The van der Waals surface area contributed by atoms with Crippen LogP contribution in [0.1, 0.15) is 24.2 Å². The Morgan fingerprint density at radius 3 is 2.39 bits per heavy atom. The Balaban J connectivity index is 3.15. The molecule has 1 aromatic rings. The zero-order valence-corrected chi connectivity index (χ0v) is 9.88. The molecule has 0 fully saturated rings. The number of ether oxygens (including phenoxy) is 1. The number of nitrogens with zero attached hydrogens (tertiary/aromatic N) is 1. The number of rotatable bonds is 4. The quantitative estimate of drug-likeness (QED) is 0.375. The van der Waals surface area contributed by atoms with E-state index in [2.05, 4.69) is 0 Å². The van der Waals surface area contributed by atoms with Crippen molar-refractivity contribution >= 4 is 17.6 Å². The fourth-order valence-corrected chi connectivity index (χ4v) is 1.12. The number of hydrogen-bond acceptors (Lipinski definition) is 5. The van der Waals surface area contributed by atoms with Crippen LogP contribution in [0.4, 0.5) is 5.69 Å². The first-order chi connectivity index (χ1) is 8.31. The molecule has 96 valence electrons. The minimum absolute atomic E-state index is 0.0725. The molecule has 0 aliphatic heterocycles. The first-order valence-corrected chi connectivity index (χ1v) is 5.12. The van der Waals surface area contributed by atoms with Gasteiger partial charge in [0.25, 0.3) is 5.69 Å². The van der Waals surface area contributed by atoms with Crippen molar-refractivity contribution in [3.63, 3.8) is 0 Å². The number of benzene rings is 1. The molecule has 0 spiro atoms. The highest BCUT2D eigenvalue weighted by Gasteiger charge is 2.16. The summed E-state index contributed by atoms with van der Waals surface area (Å²) in [6.07, 6.45) is 0. The van der Waals surface area contributed by atoms with E-state index in [4.69, 9.17) is 10.5 Å². The van der Waals surface area contributed by atoms with Gasteiger partial charge in [-0.05, 0) is 6.07 Å². The zero-order valence-electron chi connectivity index (χ0n) is 9.88. The highest BCUT2D eigenvalue weighted by molar-refractivity contribution is 5.94. The standard InChI is InChI=1S/C11H12N2O5/c1-6(2)11(15)18-9-4-7(10(12)14)3-8(5-9)13(16)17/h3-6H,1-2H3,(H2,12,14). The highest BCUT2D eigenvalue weighted by Crippen LogP contribution is 2.23. The van der Waals surface area contributed by atoms with Crippen LogP contribution in [-0.4, -0.2) is 16.8 Å². The molecule has 1 aromatic carbocycles. The largest absolute Gasteiger partial charge is 0.426 e. The van der Waals surface area contributed by atoms with Gasteiger partial charge in [-0.3, -0.25) is 19.7 Å². The number of amides is 1. The Morgan fingerprint density at radius 2 is 1.94 bits per heavy atom. The Labute approximate surface area is 103 Å². The molecule has 0 radical (unpaired) electrons. The smallest absolute Gasteiger partial charge is 0.313 e. The maximum absolute atomic E-state index is 11.4. The lowest BCUT2D eigenvalue weighted by Gasteiger charge is -2.07. The first kappa shape index (κ1) is 13.6. The third-order valence-corrected chi connectivity index (χ3v) is 2.08. The predicted molar refractivity (Wildman–Crippen MR) is 62.1 cm³/mol. The van der Waals surface area contributed by atoms with Crippen molar-refractivity contribution in [3.05, 3.63) is 33.9 Å². The van der Waals surface area contributed by atoms with Crippen molar-refractivity contribution in [2.24, 2.45) is 11.7 Å². The summed E-state index contributed by atoms with van der Waals surface area (Å²) in [5.41, 5.74) is 4.59. The number of esters is 1. The average molecular weight is 252 g/mol. The van der Waals surface area contributed by atoms with Gasteiger partial charge in [-0.15, -0.1) is 0 Å². The summed E-state index contributed by atoms with van der Waals surface area (Å²) in [5, 5.41) is 10.7. The molecule has 1 rings (SSSR count). The third-order valence-electron chi connectivity index (χ3n) is 2.08. The monoisotopic (exact) mass is 252 g/mol. The minimum atomic E-state index is -0.833. The number of hydrogen-bond donors (Lipinski definition) is 1. The van der Waals surface area contributed by atoms with Gasteiger partial charge in [0.05, 0.1) is 16.9 Å². The maximum atomic E-state index is 11.4. The normalized spacial score (nSPS) is 10.2. The van der Waals surface area contributed by atoms with E-state index >= 15 is 0 Å². The second kappa shape index (κ2) is 5.26. The van der Waals surface area contributed by atoms with E-state index in [1.807, 2.05) is 0 Å². The van der Waals surface area contributed by atoms with Gasteiger partial charge in [-0.2, -0.15) is 0 Å². The van der Waals surface area contributed by atoms with Crippen LogP contribution in [0.5, 0.6) is 5.75 Å². The number of primary amides is 1. The summed E-state index contributed by atoms with van der Waals surface area (Å²) in [6.45, 7) is 3.24. The van der Waals surface area contributed by atoms with Gasteiger partial charge in [-0.25, -0.2) is 0 Å². The number of carbonyl (C=O) groups is 2. The second-order valence-corrected chi connectivity index (χ2v) is 3.91. The molecule has 7 heteroatoms. The van der Waals surface area contributed by atoms with Gasteiger partial charge in [-0.1, -0.05) is 13.8 Å². The van der Waals surface area contributed by atoms with Crippen LogP contribution >= 0.6 is 0 Å². The Morgan fingerprint density at radius 1 is 1.33 bits per heavy atom. The van der Waals surface area contributed by atoms with Crippen LogP contribution in [0.2, 0.25) is 0 Å². The van der Waals surface area contributed by atoms with Gasteiger partial charge >= 0.3 is 5.97 Å². The zero-order chi connectivity index (χ0) is 13.9. The molecule has 2 N–H and O–H groups in total. The molecule has 0 saturated heterocycles. The topological polar surface area (TPSA) is 113 Å². The van der Waals surface area contributed by atoms with Crippen LogP contribution in [0, 0.1) is 16.0 Å². The lowest BCUT2D eigenvalue weighted by atomic mass is 10.1. The molecule has 0 aliphatic rings. The summed E-state index contributed by atoms with van der Waals surface area (Å²) in [4.78, 5) is 32.3. The Hall–Kier alpha value is -2.44. The Bertz CT molecular complexity index is 478. The molecule has 0 aromatic heterocycles. The number of non-ortho nitro benzene ring substituents is 1. The van der Waals surface area contributed by atoms with Crippen LogP contribution in [-0.2, 0) is 4.79 Å². The third kappa shape index (κ3) is 3.27. The molecule has 0 heterocycles. The minimum Gasteiger partial charge on any atom is -0.426 e. The number of nitrogens with two attached hydrogens (primary N) is 1. The van der Waals surface area contributed by atoms with Crippen LogP contribution in [0.15, 0.2) is 18.2 Å². The van der Waals surface area contributed by atoms with E-state index in [0.29, 0.717) is 0 Å². The van der Waals surface area contributed by atoms with Crippen molar-refractivity contribution in [3.8, 4) is 5.75 Å². The second-order valence-electron chi connectivity index (χ2n) is 3.91. The van der Waals surface area contributed by atoms with Crippen molar-refractivity contribution in [2.75, 3.05) is 0 Å². The Kier molecular flexibility index (Phi) is 3.98. The molecule has 1 amide bonds.